The maximum Gasteiger partial charge on any atom is 0.335 e. The van der Waals surface area contributed by atoms with E-state index in [0.717, 1.165) is 96.1 Å². The number of carbonyl (C=O) groups is 1. The number of benzene rings is 4. The number of oxime groups is 1. The average molecular weight is 804 g/mol. The monoisotopic (exact) mass is 803 g/mol. The van der Waals surface area contributed by atoms with Gasteiger partial charge in [0.2, 0.25) is 11.8 Å². The van der Waals surface area contributed by atoms with Crippen molar-refractivity contribution in [3.8, 4) is 23.2 Å². The highest BCUT2D eigenvalue weighted by Gasteiger charge is 2.17. The zero-order chi connectivity index (χ0) is 41.2. The summed E-state index contributed by atoms with van der Waals surface area (Å²) in [6, 6.07) is 27.5. The number of carbonyl (C=O) groups excluding carboxylic acids is 1. The third-order valence-corrected chi connectivity index (χ3v) is 9.01. The predicted molar refractivity (Wildman–Crippen MR) is 220 cm³/mol. The fourth-order valence-corrected chi connectivity index (χ4v) is 6.13. The molecule has 0 aliphatic carbocycles. The molecule has 0 bridgehead atoms. The summed E-state index contributed by atoms with van der Waals surface area (Å²) >= 11 is -1.50. The normalized spacial score (nSPS) is 10.9. The van der Waals surface area contributed by atoms with Crippen LogP contribution in [-0.2, 0) is 36.0 Å². The Morgan fingerprint density at radius 3 is 1.42 bits per heavy atom. The van der Waals surface area contributed by atoms with Crippen LogP contribution in [0, 0.1) is 13.8 Å². The minimum atomic E-state index is -0.750. The second-order valence-electron chi connectivity index (χ2n) is 12.9. The number of hydrogen-bond acceptors (Lipinski definition) is 13. The van der Waals surface area contributed by atoms with Gasteiger partial charge in [0.25, 0.3) is 0 Å². The van der Waals surface area contributed by atoms with Crippen LogP contribution in [0.15, 0.2) is 98.9 Å². The predicted octanol–water partition coefficient (Wildman–Crippen LogP) is 8.89. The van der Waals surface area contributed by atoms with Gasteiger partial charge in [-0.1, -0.05) is 37.2 Å². The molecule has 4 aromatic heterocycles. The van der Waals surface area contributed by atoms with Crippen molar-refractivity contribution in [3.63, 3.8) is 0 Å². The molecule has 290 valence electrons. The molecule has 0 spiro atoms. The molecule has 13 nitrogen and oxygen atoms in total. The summed E-state index contributed by atoms with van der Waals surface area (Å²) in [5, 5.41) is 14.2. The van der Waals surface area contributed by atoms with Gasteiger partial charge in [-0.2, -0.15) is 16.8 Å². The molecule has 0 amide bonds. The average Bonchev–Trinajstić information content (AvgIpc) is 3.83. The van der Waals surface area contributed by atoms with Crippen molar-refractivity contribution in [1.82, 2.24) is 19.9 Å². The number of rotatable bonds is 6. The Morgan fingerprint density at radius 1 is 0.596 bits per heavy atom. The van der Waals surface area contributed by atoms with Gasteiger partial charge in [-0.05, 0) is 135 Å². The molecule has 4 heterocycles. The molecule has 0 aliphatic heterocycles. The first-order valence-electron chi connectivity index (χ1n) is 17.6. The molecule has 0 atom stereocenters. The summed E-state index contributed by atoms with van der Waals surface area (Å²) in [4.78, 5) is 30.4. The van der Waals surface area contributed by atoms with E-state index in [2.05, 4.69) is 41.1 Å². The summed E-state index contributed by atoms with van der Waals surface area (Å²) < 4.78 is 45.1. The molecule has 0 aliphatic rings. The number of Topliss-reactive ketones (excluding diaryl/α,β-unsaturated/α-hetero) is 1. The van der Waals surface area contributed by atoms with Crippen LogP contribution in [0.5, 0.6) is 0 Å². The maximum absolute atomic E-state index is 11.6. The first kappa shape index (κ1) is 41.6. The molecular weight excluding hydrogens is 767 g/mol. The van der Waals surface area contributed by atoms with Gasteiger partial charge < -0.3 is 14.0 Å². The third kappa shape index (κ3) is 9.63. The largest absolute Gasteiger partial charge is 0.435 e. The van der Waals surface area contributed by atoms with E-state index in [1.807, 2.05) is 86.6 Å². The molecule has 15 heteroatoms. The van der Waals surface area contributed by atoms with Crippen molar-refractivity contribution in [1.29, 1.82) is 0 Å². The first-order valence-corrected chi connectivity index (χ1v) is 19.0. The van der Waals surface area contributed by atoms with E-state index in [-0.39, 0.29) is 5.78 Å². The lowest BCUT2D eigenvalue weighted by atomic mass is 10.0. The number of oxazole rings is 2. The SMILES string of the molecule is CCc1cc2cc(/C(C)=N/O)ccc2nc1-c1nc2cc(C)ccc2o1.CCc1cc2cc(C(C)=O)ccc2nc1-c1nc2cc(C)ccc2o1.O=S=O.O=S=O. The van der Waals surface area contributed by atoms with Gasteiger partial charge in [0.1, 0.15) is 22.4 Å². The number of pyridine rings is 2. The van der Waals surface area contributed by atoms with Crippen LogP contribution in [0.4, 0.5) is 0 Å². The summed E-state index contributed by atoms with van der Waals surface area (Å²) in [6.45, 7) is 11.6. The second kappa shape index (κ2) is 18.8. The highest BCUT2D eigenvalue weighted by molar-refractivity contribution is 7.51. The van der Waals surface area contributed by atoms with Crippen molar-refractivity contribution >= 4 is 78.6 Å². The lowest BCUT2D eigenvalue weighted by Crippen LogP contribution is -1.97. The Hall–Kier alpha value is -6.58. The van der Waals surface area contributed by atoms with Gasteiger partial charge in [-0.3, -0.25) is 4.79 Å². The second-order valence-corrected chi connectivity index (χ2v) is 13.1. The molecule has 8 aromatic rings. The van der Waals surface area contributed by atoms with Gasteiger partial charge in [0.15, 0.2) is 16.9 Å². The highest BCUT2D eigenvalue weighted by Crippen LogP contribution is 2.31. The molecule has 0 fully saturated rings. The Bertz CT molecular complexity index is 2860. The Balaban J connectivity index is 0.000000192. The molecule has 57 heavy (non-hydrogen) atoms. The summed E-state index contributed by atoms with van der Waals surface area (Å²) in [5.74, 6) is 1.13. The van der Waals surface area contributed by atoms with Gasteiger partial charge >= 0.3 is 23.1 Å². The van der Waals surface area contributed by atoms with Crippen molar-refractivity contribution in [2.75, 3.05) is 0 Å². The Morgan fingerprint density at radius 2 is 1.02 bits per heavy atom. The number of fused-ring (bicyclic) bond motifs is 4. The van der Waals surface area contributed by atoms with E-state index >= 15 is 0 Å². The third-order valence-electron chi connectivity index (χ3n) is 9.01. The van der Waals surface area contributed by atoms with Crippen LogP contribution in [-0.4, -0.2) is 53.5 Å². The fourth-order valence-electron chi connectivity index (χ4n) is 6.13. The highest BCUT2D eigenvalue weighted by atomic mass is 32.1. The zero-order valence-corrected chi connectivity index (χ0v) is 33.5. The van der Waals surface area contributed by atoms with Crippen LogP contribution in [0.2, 0.25) is 0 Å². The molecule has 0 saturated heterocycles. The van der Waals surface area contributed by atoms with E-state index < -0.39 is 23.1 Å². The van der Waals surface area contributed by atoms with Crippen LogP contribution in [0.25, 0.3) is 67.2 Å². The van der Waals surface area contributed by atoms with E-state index in [9.17, 15) is 4.79 Å². The molecule has 1 N–H and O–H groups in total. The van der Waals surface area contributed by atoms with Crippen LogP contribution in [0.3, 0.4) is 0 Å². The number of ketones is 1. The summed E-state index contributed by atoms with van der Waals surface area (Å²) in [5.41, 5.74) is 13.0. The smallest absolute Gasteiger partial charge is 0.335 e. The van der Waals surface area contributed by atoms with Gasteiger partial charge in [0, 0.05) is 16.3 Å². The standard InChI is InChI=1S/C21H19N3O2.C21H18N2O2.2O2S/c1-4-14-10-16-11-15(13(3)24-25)6-7-17(16)22-20(14)21-23-18-9-12(2)5-8-19(18)26-21;1-4-14-10-16-11-15(13(3)24)6-7-17(16)22-20(14)21-23-18-9-12(2)5-8-19(18)25-21;2*1-3-2/h5-11,25H,4H2,1-3H3;5-11H,4H2,1-3H3;;/b24-13+;;;. The van der Waals surface area contributed by atoms with Gasteiger partial charge in [-0.15, -0.1) is 0 Å². The minimum Gasteiger partial charge on any atom is -0.435 e. The summed E-state index contributed by atoms with van der Waals surface area (Å²) in [7, 11) is 0. The lowest BCUT2D eigenvalue weighted by molar-refractivity contribution is 0.101. The topological polar surface area (TPSA) is 196 Å². The number of nitrogens with zero attached hydrogens (tertiary/aromatic N) is 5. The molecule has 0 radical (unpaired) electrons. The van der Waals surface area contributed by atoms with Crippen molar-refractivity contribution in [3.05, 3.63) is 118 Å². The van der Waals surface area contributed by atoms with Crippen molar-refractivity contribution < 1.29 is 35.7 Å². The lowest BCUT2D eigenvalue weighted by Gasteiger charge is -2.08. The van der Waals surface area contributed by atoms with Gasteiger partial charge in [-0.25, -0.2) is 19.9 Å². The quantitative estimate of drug-likeness (QED) is 0.0727. The van der Waals surface area contributed by atoms with E-state index in [1.165, 1.54) is 0 Å². The van der Waals surface area contributed by atoms with E-state index in [4.69, 9.17) is 40.8 Å². The Kier molecular flexibility index (Phi) is 13.7. The molecule has 4 aromatic carbocycles. The van der Waals surface area contributed by atoms with Gasteiger partial charge in [0.05, 0.1) is 16.7 Å². The molecule has 0 saturated carbocycles. The number of hydrogen-bond donors (Lipinski definition) is 1. The minimum absolute atomic E-state index is 0.0540. The van der Waals surface area contributed by atoms with Crippen LogP contribution >= 0.6 is 0 Å². The summed E-state index contributed by atoms with van der Waals surface area (Å²) in [6.07, 6.45) is 1.62. The number of aromatic nitrogens is 4. The fraction of sp³-hybridized carbons (Fsp3) is 0.190. The maximum atomic E-state index is 11.6. The first-order chi connectivity index (χ1) is 27.5. The van der Waals surface area contributed by atoms with Crippen LogP contribution in [0.1, 0.15) is 65.9 Å². The molecule has 0 unspecified atom stereocenters. The molecule has 8 rings (SSSR count). The molecular formula is C42H37N5O8S2. The Labute approximate surface area is 334 Å². The van der Waals surface area contributed by atoms with E-state index in [0.29, 0.717) is 23.1 Å². The zero-order valence-electron chi connectivity index (χ0n) is 31.9. The van der Waals surface area contributed by atoms with Crippen molar-refractivity contribution in [2.45, 2.75) is 54.4 Å². The number of aryl methyl sites for hydroxylation is 4. The van der Waals surface area contributed by atoms with Crippen LogP contribution < -0.4 is 0 Å². The van der Waals surface area contributed by atoms with E-state index in [1.54, 1.807) is 13.8 Å². The van der Waals surface area contributed by atoms with Crippen molar-refractivity contribution in [2.24, 2.45) is 5.16 Å².